The Balaban J connectivity index is 1.64. The van der Waals surface area contributed by atoms with E-state index in [0.717, 1.165) is 28.1 Å². The number of oxime groups is 1. The van der Waals surface area contributed by atoms with Gasteiger partial charge in [0.15, 0.2) is 0 Å². The molecule has 0 spiro atoms. The van der Waals surface area contributed by atoms with Crippen LogP contribution in [0.5, 0.6) is 5.75 Å². The number of methoxy groups -OCH3 is 1. The molecule has 0 fully saturated rings. The Morgan fingerprint density at radius 1 is 1.09 bits per heavy atom. The van der Waals surface area contributed by atoms with E-state index in [9.17, 15) is 0 Å². The number of fused-ring (bicyclic) bond motifs is 1. The van der Waals surface area contributed by atoms with E-state index in [-0.39, 0.29) is 0 Å². The molecule has 0 unspecified atom stereocenters. The second-order valence-corrected chi connectivity index (χ2v) is 4.77. The van der Waals surface area contributed by atoms with E-state index in [4.69, 9.17) is 9.57 Å². The molecule has 2 aromatic carbocycles. The first kappa shape index (κ1) is 14.1. The highest BCUT2D eigenvalue weighted by atomic mass is 16.6. The molecule has 0 aliphatic rings. The molecule has 0 aliphatic carbocycles. The standard InChI is InChI=1S/C16H15N3O3/c1-11(13-4-6-14(20-2)7-5-13)17-21-10-12-3-8-15-16(9-12)19-22-18-15/h3-9H,10H2,1-2H3/b17-11+. The summed E-state index contributed by atoms with van der Waals surface area (Å²) in [4.78, 5) is 5.40. The molecule has 0 amide bonds. The van der Waals surface area contributed by atoms with Crippen LogP contribution in [0.2, 0.25) is 0 Å². The number of benzene rings is 2. The van der Waals surface area contributed by atoms with Crippen molar-refractivity contribution in [3.63, 3.8) is 0 Å². The van der Waals surface area contributed by atoms with Gasteiger partial charge in [-0.05, 0) is 64.8 Å². The predicted molar refractivity (Wildman–Crippen MR) is 81.8 cm³/mol. The quantitative estimate of drug-likeness (QED) is 0.534. The molecule has 0 bridgehead atoms. The van der Waals surface area contributed by atoms with Crippen LogP contribution in [0, 0.1) is 0 Å². The smallest absolute Gasteiger partial charge is 0.142 e. The highest BCUT2D eigenvalue weighted by Crippen LogP contribution is 2.14. The maximum Gasteiger partial charge on any atom is 0.142 e. The van der Waals surface area contributed by atoms with Gasteiger partial charge in [-0.25, -0.2) is 4.63 Å². The highest BCUT2D eigenvalue weighted by Gasteiger charge is 2.03. The summed E-state index contributed by atoms with van der Waals surface area (Å²) in [5, 5.41) is 11.7. The Labute approximate surface area is 127 Å². The highest BCUT2D eigenvalue weighted by molar-refractivity contribution is 5.98. The molecule has 0 atom stereocenters. The molecule has 0 saturated carbocycles. The van der Waals surface area contributed by atoms with E-state index >= 15 is 0 Å². The summed E-state index contributed by atoms with van der Waals surface area (Å²) in [7, 11) is 1.64. The van der Waals surface area contributed by atoms with Gasteiger partial charge in [-0.2, -0.15) is 0 Å². The van der Waals surface area contributed by atoms with Crippen molar-refractivity contribution in [2.45, 2.75) is 13.5 Å². The van der Waals surface area contributed by atoms with Crippen LogP contribution in [-0.4, -0.2) is 23.1 Å². The Hall–Kier alpha value is -2.89. The number of aromatic nitrogens is 2. The van der Waals surface area contributed by atoms with E-state index in [1.807, 2.05) is 49.4 Å². The van der Waals surface area contributed by atoms with Crippen LogP contribution in [0.1, 0.15) is 18.1 Å². The average molecular weight is 297 g/mol. The lowest BCUT2D eigenvalue weighted by molar-refractivity contribution is 0.130. The van der Waals surface area contributed by atoms with Crippen molar-refractivity contribution >= 4 is 16.7 Å². The molecule has 0 N–H and O–H groups in total. The third kappa shape index (κ3) is 3.06. The average Bonchev–Trinajstić information content (AvgIpc) is 3.02. The molecule has 112 valence electrons. The van der Waals surface area contributed by atoms with Gasteiger partial charge in [0.25, 0.3) is 0 Å². The maximum absolute atomic E-state index is 5.40. The second-order valence-electron chi connectivity index (χ2n) is 4.77. The largest absolute Gasteiger partial charge is 0.497 e. The summed E-state index contributed by atoms with van der Waals surface area (Å²) < 4.78 is 9.79. The zero-order valence-corrected chi connectivity index (χ0v) is 12.3. The lowest BCUT2D eigenvalue weighted by Crippen LogP contribution is -1.97. The number of hydrogen-bond donors (Lipinski definition) is 0. The number of nitrogens with zero attached hydrogens (tertiary/aromatic N) is 3. The van der Waals surface area contributed by atoms with Crippen LogP contribution in [-0.2, 0) is 11.4 Å². The first-order chi connectivity index (χ1) is 10.8. The fourth-order valence-electron chi connectivity index (χ4n) is 2.01. The summed E-state index contributed by atoms with van der Waals surface area (Å²) in [5.74, 6) is 0.812. The SMILES string of the molecule is COc1ccc(/C(C)=N/OCc2ccc3nonc3c2)cc1. The number of rotatable bonds is 5. The third-order valence-electron chi connectivity index (χ3n) is 3.26. The van der Waals surface area contributed by atoms with Crippen LogP contribution >= 0.6 is 0 Å². The number of hydrogen-bond acceptors (Lipinski definition) is 6. The minimum Gasteiger partial charge on any atom is -0.497 e. The normalized spacial score (nSPS) is 11.6. The molecule has 0 saturated heterocycles. The van der Waals surface area contributed by atoms with Gasteiger partial charge in [0.2, 0.25) is 0 Å². The summed E-state index contributed by atoms with van der Waals surface area (Å²) in [6.45, 7) is 2.25. The zero-order valence-electron chi connectivity index (χ0n) is 12.3. The van der Waals surface area contributed by atoms with Gasteiger partial charge in [0.1, 0.15) is 23.4 Å². The molecule has 0 radical (unpaired) electrons. The lowest BCUT2D eigenvalue weighted by Gasteiger charge is -2.04. The van der Waals surface area contributed by atoms with Gasteiger partial charge in [0, 0.05) is 0 Å². The minimum absolute atomic E-state index is 0.357. The van der Waals surface area contributed by atoms with Crippen LogP contribution in [0.15, 0.2) is 52.2 Å². The lowest BCUT2D eigenvalue weighted by atomic mass is 10.1. The maximum atomic E-state index is 5.40. The van der Waals surface area contributed by atoms with E-state index in [1.54, 1.807) is 7.11 Å². The molecule has 1 heterocycles. The van der Waals surface area contributed by atoms with Crippen molar-refractivity contribution in [2.75, 3.05) is 7.11 Å². The molecular weight excluding hydrogens is 282 g/mol. The van der Waals surface area contributed by atoms with Crippen LogP contribution in [0.25, 0.3) is 11.0 Å². The zero-order chi connectivity index (χ0) is 15.4. The van der Waals surface area contributed by atoms with Crippen molar-refractivity contribution in [3.8, 4) is 5.75 Å². The molecule has 22 heavy (non-hydrogen) atoms. The van der Waals surface area contributed by atoms with E-state index < -0.39 is 0 Å². The fraction of sp³-hybridized carbons (Fsp3) is 0.188. The molecule has 3 aromatic rings. The topological polar surface area (TPSA) is 69.7 Å². The summed E-state index contributed by atoms with van der Waals surface area (Å²) in [6.07, 6.45) is 0. The van der Waals surface area contributed by atoms with Gasteiger partial charge >= 0.3 is 0 Å². The van der Waals surface area contributed by atoms with E-state index in [0.29, 0.717) is 12.1 Å². The van der Waals surface area contributed by atoms with Gasteiger partial charge < -0.3 is 9.57 Å². The second kappa shape index (κ2) is 6.26. The first-order valence-electron chi connectivity index (χ1n) is 6.78. The Bertz CT molecular complexity index is 794. The Morgan fingerprint density at radius 3 is 2.64 bits per heavy atom. The predicted octanol–water partition coefficient (Wildman–Crippen LogP) is 3.17. The molecule has 3 rings (SSSR count). The Morgan fingerprint density at radius 2 is 1.86 bits per heavy atom. The van der Waals surface area contributed by atoms with Crippen molar-refractivity contribution in [3.05, 3.63) is 53.6 Å². The van der Waals surface area contributed by atoms with E-state index in [2.05, 4.69) is 20.1 Å². The van der Waals surface area contributed by atoms with Crippen LogP contribution in [0.4, 0.5) is 0 Å². The molecule has 6 nitrogen and oxygen atoms in total. The Kier molecular flexibility index (Phi) is 4.00. The van der Waals surface area contributed by atoms with Gasteiger partial charge in [0.05, 0.1) is 12.8 Å². The van der Waals surface area contributed by atoms with Gasteiger partial charge in [-0.3, -0.25) is 0 Å². The van der Waals surface area contributed by atoms with E-state index in [1.165, 1.54) is 0 Å². The molecule has 1 aromatic heterocycles. The molecule has 6 heteroatoms. The summed E-state index contributed by atoms with van der Waals surface area (Å²) in [5.41, 5.74) is 4.16. The fourth-order valence-corrected chi connectivity index (χ4v) is 2.01. The molecule has 0 aliphatic heterocycles. The monoisotopic (exact) mass is 297 g/mol. The number of ether oxygens (including phenoxy) is 1. The van der Waals surface area contributed by atoms with Crippen molar-refractivity contribution in [1.82, 2.24) is 10.3 Å². The van der Waals surface area contributed by atoms with Crippen molar-refractivity contribution < 1.29 is 14.2 Å². The van der Waals surface area contributed by atoms with Crippen LogP contribution in [0.3, 0.4) is 0 Å². The summed E-state index contributed by atoms with van der Waals surface area (Å²) >= 11 is 0. The van der Waals surface area contributed by atoms with Gasteiger partial charge in [-0.1, -0.05) is 11.2 Å². The van der Waals surface area contributed by atoms with Gasteiger partial charge in [-0.15, -0.1) is 0 Å². The minimum atomic E-state index is 0.357. The van der Waals surface area contributed by atoms with Crippen LogP contribution < -0.4 is 4.74 Å². The summed E-state index contributed by atoms with van der Waals surface area (Å²) in [6, 6.07) is 13.3. The third-order valence-corrected chi connectivity index (χ3v) is 3.26. The van der Waals surface area contributed by atoms with Crippen molar-refractivity contribution in [2.24, 2.45) is 5.16 Å². The first-order valence-corrected chi connectivity index (χ1v) is 6.78. The van der Waals surface area contributed by atoms with Crippen molar-refractivity contribution in [1.29, 1.82) is 0 Å². The molecular formula is C16H15N3O3.